The molecule has 3 rings (SSSR count). The molecule has 2 saturated carbocycles. The van der Waals surface area contributed by atoms with E-state index in [-0.39, 0.29) is 0 Å². The van der Waals surface area contributed by atoms with Crippen LogP contribution in [0.1, 0.15) is 44.9 Å². The van der Waals surface area contributed by atoms with Crippen molar-refractivity contribution in [3.63, 3.8) is 0 Å². The summed E-state index contributed by atoms with van der Waals surface area (Å²) in [5.41, 5.74) is 0. The molecule has 0 radical (unpaired) electrons. The Morgan fingerprint density at radius 2 is 2.00 bits per heavy atom. The second-order valence-electron chi connectivity index (χ2n) is 5.78. The Hall–Kier alpha value is 0.250. The third-order valence-corrected chi connectivity index (χ3v) is 5.33. The third kappa shape index (κ3) is 1.82. The van der Waals surface area contributed by atoms with Crippen molar-refractivity contribution in [2.24, 2.45) is 11.8 Å². The van der Waals surface area contributed by atoms with E-state index in [0.29, 0.717) is 6.04 Å². The normalized spacial score (nSPS) is 46.2. The van der Waals surface area contributed by atoms with Crippen LogP contribution in [0, 0.1) is 11.8 Å². The van der Waals surface area contributed by atoms with Crippen molar-refractivity contribution in [2.45, 2.75) is 57.0 Å². The summed E-state index contributed by atoms with van der Waals surface area (Å²) < 4.78 is 0. The molecule has 0 aromatic rings. The number of hydrogen-bond donors (Lipinski definition) is 0. The SMILES string of the molecule is ClCC1CCCCN1C1CC2CCC1C2. The second kappa shape index (κ2) is 4.25. The predicted octanol–water partition coefficient (Wildman–Crippen LogP) is 3.27. The van der Waals surface area contributed by atoms with Gasteiger partial charge in [-0.2, -0.15) is 0 Å². The van der Waals surface area contributed by atoms with E-state index < -0.39 is 0 Å². The van der Waals surface area contributed by atoms with Crippen molar-refractivity contribution in [1.29, 1.82) is 0 Å². The van der Waals surface area contributed by atoms with Gasteiger partial charge in [-0.3, -0.25) is 4.90 Å². The number of piperidine rings is 1. The topological polar surface area (TPSA) is 3.24 Å². The van der Waals surface area contributed by atoms with Crippen LogP contribution >= 0.6 is 11.6 Å². The van der Waals surface area contributed by atoms with E-state index in [0.717, 1.165) is 23.8 Å². The number of hydrogen-bond acceptors (Lipinski definition) is 1. The smallest absolute Gasteiger partial charge is 0.0379 e. The predicted molar refractivity (Wildman–Crippen MR) is 64.3 cm³/mol. The van der Waals surface area contributed by atoms with Crippen LogP contribution in [0.5, 0.6) is 0 Å². The molecule has 86 valence electrons. The number of fused-ring (bicyclic) bond motifs is 2. The highest BCUT2D eigenvalue weighted by molar-refractivity contribution is 6.18. The van der Waals surface area contributed by atoms with Crippen LogP contribution in [-0.4, -0.2) is 29.4 Å². The van der Waals surface area contributed by atoms with Crippen LogP contribution in [0.15, 0.2) is 0 Å². The van der Waals surface area contributed by atoms with E-state index in [4.69, 9.17) is 11.6 Å². The van der Waals surface area contributed by atoms with E-state index in [1.165, 1.54) is 51.5 Å². The lowest BCUT2D eigenvalue weighted by molar-refractivity contribution is 0.0736. The first-order valence-electron chi connectivity index (χ1n) is 6.70. The third-order valence-electron chi connectivity index (χ3n) is 4.98. The Balaban J connectivity index is 1.69. The largest absolute Gasteiger partial charge is 0.296 e. The number of likely N-dealkylation sites (tertiary alicyclic amines) is 1. The molecule has 0 aromatic carbocycles. The molecule has 0 N–H and O–H groups in total. The molecular weight excluding hydrogens is 206 g/mol. The summed E-state index contributed by atoms with van der Waals surface area (Å²) in [4.78, 5) is 2.78. The number of rotatable bonds is 2. The average Bonchev–Trinajstić information content (AvgIpc) is 2.90. The molecular formula is C13H22ClN. The van der Waals surface area contributed by atoms with E-state index >= 15 is 0 Å². The van der Waals surface area contributed by atoms with Crippen LogP contribution in [-0.2, 0) is 0 Å². The molecule has 4 unspecified atom stereocenters. The lowest BCUT2D eigenvalue weighted by Crippen LogP contribution is -2.49. The average molecular weight is 228 g/mol. The first kappa shape index (κ1) is 10.4. The van der Waals surface area contributed by atoms with Gasteiger partial charge in [0.2, 0.25) is 0 Å². The molecule has 4 atom stereocenters. The molecule has 2 bridgehead atoms. The van der Waals surface area contributed by atoms with Gasteiger partial charge in [0.1, 0.15) is 0 Å². The van der Waals surface area contributed by atoms with Gasteiger partial charge in [-0.15, -0.1) is 11.6 Å². The minimum atomic E-state index is 0.699. The molecule has 1 aliphatic heterocycles. The molecule has 0 aromatic heterocycles. The fraction of sp³-hybridized carbons (Fsp3) is 1.00. The first-order chi connectivity index (χ1) is 7.38. The highest BCUT2D eigenvalue weighted by Crippen LogP contribution is 2.47. The molecule has 3 fully saturated rings. The zero-order chi connectivity index (χ0) is 10.3. The monoisotopic (exact) mass is 227 g/mol. The summed E-state index contributed by atoms with van der Waals surface area (Å²) in [6, 6.07) is 1.61. The van der Waals surface area contributed by atoms with Gasteiger partial charge in [-0.25, -0.2) is 0 Å². The Morgan fingerprint density at radius 1 is 1.07 bits per heavy atom. The van der Waals surface area contributed by atoms with Crippen molar-refractivity contribution in [3.05, 3.63) is 0 Å². The fourth-order valence-corrected chi connectivity index (χ4v) is 4.57. The van der Waals surface area contributed by atoms with Gasteiger partial charge < -0.3 is 0 Å². The zero-order valence-corrected chi connectivity index (χ0v) is 10.3. The molecule has 1 nitrogen and oxygen atoms in total. The van der Waals surface area contributed by atoms with Gasteiger partial charge in [0.25, 0.3) is 0 Å². The molecule has 15 heavy (non-hydrogen) atoms. The van der Waals surface area contributed by atoms with Gasteiger partial charge in [0.05, 0.1) is 0 Å². The molecule has 1 heterocycles. The van der Waals surface area contributed by atoms with Crippen LogP contribution < -0.4 is 0 Å². The summed E-state index contributed by atoms with van der Waals surface area (Å²) in [5, 5.41) is 0. The van der Waals surface area contributed by atoms with E-state index in [1.807, 2.05) is 0 Å². The van der Waals surface area contributed by atoms with E-state index in [1.54, 1.807) is 0 Å². The minimum absolute atomic E-state index is 0.699. The summed E-state index contributed by atoms with van der Waals surface area (Å²) >= 11 is 6.11. The maximum Gasteiger partial charge on any atom is 0.0379 e. The highest BCUT2D eigenvalue weighted by Gasteiger charge is 2.44. The lowest BCUT2D eigenvalue weighted by Gasteiger charge is -2.42. The first-order valence-corrected chi connectivity index (χ1v) is 7.23. The molecule has 0 spiro atoms. The number of halogens is 1. The van der Waals surface area contributed by atoms with Crippen LogP contribution in [0.4, 0.5) is 0 Å². The van der Waals surface area contributed by atoms with Crippen molar-refractivity contribution in [1.82, 2.24) is 4.90 Å². The standard InChI is InChI=1S/C13H22ClN/c14-9-12-3-1-2-6-15(12)13-8-10-4-5-11(13)7-10/h10-13H,1-9H2. The van der Waals surface area contributed by atoms with Crippen molar-refractivity contribution in [3.8, 4) is 0 Å². The zero-order valence-electron chi connectivity index (χ0n) is 9.50. The van der Waals surface area contributed by atoms with Crippen LogP contribution in [0.3, 0.4) is 0 Å². The molecule has 0 amide bonds. The molecule has 2 heteroatoms. The Bertz CT molecular complexity index is 231. The van der Waals surface area contributed by atoms with Crippen LogP contribution in [0.25, 0.3) is 0 Å². The van der Waals surface area contributed by atoms with Gasteiger partial charge in [-0.1, -0.05) is 12.8 Å². The van der Waals surface area contributed by atoms with E-state index in [2.05, 4.69) is 4.90 Å². The summed E-state index contributed by atoms with van der Waals surface area (Å²) in [7, 11) is 0. The lowest BCUT2D eigenvalue weighted by atomic mass is 9.90. The fourth-order valence-electron chi connectivity index (χ4n) is 4.24. The number of nitrogens with zero attached hydrogens (tertiary/aromatic N) is 1. The molecule has 2 aliphatic carbocycles. The maximum atomic E-state index is 6.11. The van der Waals surface area contributed by atoms with Crippen molar-refractivity contribution >= 4 is 11.6 Å². The summed E-state index contributed by atoms with van der Waals surface area (Å²) in [5.74, 6) is 2.95. The Labute approximate surface area is 98.2 Å². The highest BCUT2D eigenvalue weighted by atomic mass is 35.5. The quantitative estimate of drug-likeness (QED) is 0.655. The maximum absolute atomic E-state index is 6.11. The Kier molecular flexibility index (Phi) is 2.95. The van der Waals surface area contributed by atoms with Crippen molar-refractivity contribution < 1.29 is 0 Å². The molecule has 1 saturated heterocycles. The summed E-state index contributed by atoms with van der Waals surface area (Å²) in [6.07, 6.45) is 10.2. The van der Waals surface area contributed by atoms with Gasteiger partial charge in [-0.05, 0) is 50.5 Å². The summed E-state index contributed by atoms with van der Waals surface area (Å²) in [6.45, 7) is 1.32. The van der Waals surface area contributed by atoms with Gasteiger partial charge in [0.15, 0.2) is 0 Å². The minimum Gasteiger partial charge on any atom is -0.296 e. The van der Waals surface area contributed by atoms with Gasteiger partial charge >= 0.3 is 0 Å². The number of alkyl halides is 1. The van der Waals surface area contributed by atoms with Gasteiger partial charge in [0, 0.05) is 18.0 Å². The van der Waals surface area contributed by atoms with Crippen LogP contribution in [0.2, 0.25) is 0 Å². The van der Waals surface area contributed by atoms with Crippen molar-refractivity contribution in [2.75, 3.05) is 12.4 Å². The second-order valence-corrected chi connectivity index (χ2v) is 6.09. The Morgan fingerprint density at radius 3 is 2.67 bits per heavy atom. The molecule has 3 aliphatic rings. The van der Waals surface area contributed by atoms with E-state index in [9.17, 15) is 0 Å².